The van der Waals surface area contributed by atoms with Gasteiger partial charge in [0.25, 0.3) is 0 Å². The second-order valence-corrected chi connectivity index (χ2v) is 4.17. The van der Waals surface area contributed by atoms with Crippen molar-refractivity contribution in [2.45, 2.75) is 32.7 Å². The van der Waals surface area contributed by atoms with Gasteiger partial charge in [-0.05, 0) is 20.4 Å². The van der Waals surface area contributed by atoms with Crippen LogP contribution in [0.2, 0.25) is 0 Å². The van der Waals surface area contributed by atoms with Crippen LogP contribution in [0.5, 0.6) is 0 Å². The molecule has 0 saturated carbocycles. The summed E-state index contributed by atoms with van der Waals surface area (Å²) in [5, 5.41) is 14.1. The summed E-state index contributed by atoms with van der Waals surface area (Å²) in [4.78, 5) is 13.5. The third-order valence-corrected chi connectivity index (χ3v) is 2.83. The van der Waals surface area contributed by atoms with Crippen LogP contribution in [0.4, 0.5) is 0 Å². The molecule has 98 valence electrons. The van der Waals surface area contributed by atoms with Crippen LogP contribution >= 0.6 is 0 Å². The van der Waals surface area contributed by atoms with Crippen molar-refractivity contribution in [3.63, 3.8) is 0 Å². The van der Waals surface area contributed by atoms with E-state index >= 15 is 0 Å². The molecular weight excluding hydrogens is 216 g/mol. The van der Waals surface area contributed by atoms with Gasteiger partial charge in [-0.1, -0.05) is 6.92 Å². The van der Waals surface area contributed by atoms with Crippen molar-refractivity contribution in [1.82, 2.24) is 15.5 Å². The molecule has 0 saturated heterocycles. The van der Waals surface area contributed by atoms with Crippen LogP contribution in [0.15, 0.2) is 0 Å². The van der Waals surface area contributed by atoms with Crippen LogP contribution in [0.3, 0.4) is 0 Å². The van der Waals surface area contributed by atoms with Crippen LogP contribution in [0.1, 0.15) is 26.7 Å². The van der Waals surface area contributed by atoms with Gasteiger partial charge < -0.3 is 15.5 Å². The number of rotatable bonds is 9. The Kier molecular flexibility index (Phi) is 9.40. The average Bonchev–Trinajstić information content (AvgIpc) is 2.33. The number of carbonyl (C=O) groups is 1. The Morgan fingerprint density at radius 3 is 2.76 bits per heavy atom. The summed E-state index contributed by atoms with van der Waals surface area (Å²) in [7, 11) is 2.09. The molecule has 2 N–H and O–H groups in total. The third-order valence-electron chi connectivity index (χ3n) is 2.83. The molecule has 0 aromatic rings. The summed E-state index contributed by atoms with van der Waals surface area (Å²) in [5.41, 5.74) is 0. The monoisotopic (exact) mass is 240 g/mol. The second-order valence-electron chi connectivity index (χ2n) is 4.17. The maximum Gasteiger partial charge on any atom is 0.233 e. The largest absolute Gasteiger partial charge is 0.354 e. The molecule has 5 heteroatoms. The van der Waals surface area contributed by atoms with E-state index in [-0.39, 0.29) is 5.91 Å². The summed E-state index contributed by atoms with van der Waals surface area (Å²) in [5.74, 6) is -0.0496. The number of likely N-dealkylation sites (N-methyl/N-ethyl adjacent to an activating group) is 1. The lowest BCUT2D eigenvalue weighted by molar-refractivity contribution is -0.120. The predicted octanol–water partition coefficient (Wildman–Crippen LogP) is 0.336. The highest BCUT2D eigenvalue weighted by molar-refractivity contribution is 5.77. The van der Waals surface area contributed by atoms with Gasteiger partial charge in [0, 0.05) is 25.7 Å². The topological polar surface area (TPSA) is 68.2 Å². The fourth-order valence-corrected chi connectivity index (χ4v) is 1.31. The molecule has 0 radical (unpaired) electrons. The van der Waals surface area contributed by atoms with Crippen LogP contribution in [0.25, 0.3) is 0 Å². The van der Waals surface area contributed by atoms with Crippen LogP contribution in [-0.2, 0) is 4.79 Å². The number of carbonyl (C=O) groups excluding carboxylic acids is 1. The van der Waals surface area contributed by atoms with Crippen molar-refractivity contribution in [1.29, 1.82) is 5.26 Å². The molecule has 0 aromatic heterocycles. The van der Waals surface area contributed by atoms with Gasteiger partial charge in [0.1, 0.15) is 0 Å². The van der Waals surface area contributed by atoms with E-state index in [0.717, 1.165) is 19.5 Å². The Morgan fingerprint density at radius 2 is 2.18 bits per heavy atom. The lowest BCUT2D eigenvalue weighted by atomic mass is 10.2. The van der Waals surface area contributed by atoms with E-state index in [0.29, 0.717) is 25.6 Å². The number of hydrogen-bond acceptors (Lipinski definition) is 4. The van der Waals surface area contributed by atoms with Gasteiger partial charge in [-0.3, -0.25) is 4.79 Å². The normalized spacial score (nSPS) is 12.2. The van der Waals surface area contributed by atoms with Gasteiger partial charge >= 0.3 is 0 Å². The number of nitrogens with zero attached hydrogens (tertiary/aromatic N) is 2. The van der Waals surface area contributed by atoms with Crippen molar-refractivity contribution in [3.05, 3.63) is 0 Å². The smallest absolute Gasteiger partial charge is 0.233 e. The second kappa shape index (κ2) is 10.1. The predicted molar refractivity (Wildman–Crippen MR) is 68.5 cm³/mol. The van der Waals surface area contributed by atoms with Crippen LogP contribution in [0, 0.1) is 11.3 Å². The van der Waals surface area contributed by atoms with Crippen molar-refractivity contribution in [3.8, 4) is 6.07 Å². The van der Waals surface area contributed by atoms with Crippen LogP contribution in [-0.4, -0.2) is 50.1 Å². The summed E-state index contributed by atoms with van der Waals surface area (Å²) >= 11 is 0. The van der Waals surface area contributed by atoms with E-state index in [1.165, 1.54) is 0 Å². The Morgan fingerprint density at radius 1 is 1.47 bits per heavy atom. The van der Waals surface area contributed by atoms with Crippen molar-refractivity contribution in [2.24, 2.45) is 0 Å². The number of nitrogens with one attached hydrogen (secondary N) is 2. The molecule has 0 rings (SSSR count). The molecule has 5 nitrogen and oxygen atoms in total. The molecule has 0 fully saturated rings. The summed E-state index contributed by atoms with van der Waals surface area (Å²) in [6.45, 7) is 6.84. The van der Waals surface area contributed by atoms with E-state index in [1.807, 2.05) is 6.07 Å². The highest BCUT2D eigenvalue weighted by atomic mass is 16.1. The number of hydrogen-bond donors (Lipinski definition) is 2. The van der Waals surface area contributed by atoms with E-state index in [2.05, 4.69) is 36.4 Å². The average molecular weight is 240 g/mol. The van der Waals surface area contributed by atoms with Crippen molar-refractivity contribution >= 4 is 5.91 Å². The highest BCUT2D eigenvalue weighted by Gasteiger charge is 2.05. The molecule has 0 aliphatic heterocycles. The zero-order chi connectivity index (χ0) is 13.1. The lowest BCUT2D eigenvalue weighted by Crippen LogP contribution is -2.39. The van der Waals surface area contributed by atoms with Crippen molar-refractivity contribution in [2.75, 3.05) is 33.2 Å². The standard InChI is InChI=1S/C12H24N4O/c1-4-11(2)16(3)9-8-14-10-12(17)15-7-5-6-13/h11,14H,4-5,7-10H2,1-3H3,(H,15,17). The molecule has 1 atom stereocenters. The SMILES string of the molecule is CCC(C)N(C)CCNCC(=O)NCCC#N. The maximum atomic E-state index is 11.3. The van der Waals surface area contributed by atoms with E-state index in [9.17, 15) is 4.79 Å². The molecule has 0 aliphatic carbocycles. The first kappa shape index (κ1) is 15.9. The quantitative estimate of drug-likeness (QED) is 0.570. The molecule has 0 heterocycles. The Labute approximate surface area is 104 Å². The highest BCUT2D eigenvalue weighted by Crippen LogP contribution is 1.97. The fraction of sp³-hybridized carbons (Fsp3) is 0.833. The minimum Gasteiger partial charge on any atom is -0.354 e. The molecule has 1 unspecified atom stereocenters. The molecule has 0 bridgehead atoms. The Hall–Kier alpha value is -1.12. The fourth-order valence-electron chi connectivity index (χ4n) is 1.31. The lowest BCUT2D eigenvalue weighted by Gasteiger charge is -2.23. The first-order valence-corrected chi connectivity index (χ1v) is 6.16. The van der Waals surface area contributed by atoms with E-state index in [1.54, 1.807) is 0 Å². The first-order chi connectivity index (χ1) is 8.11. The van der Waals surface area contributed by atoms with Gasteiger partial charge in [0.15, 0.2) is 0 Å². The molecule has 0 aliphatic rings. The maximum absolute atomic E-state index is 11.3. The zero-order valence-corrected chi connectivity index (χ0v) is 11.1. The minimum absolute atomic E-state index is 0.0496. The first-order valence-electron chi connectivity index (χ1n) is 6.16. The summed E-state index contributed by atoms with van der Waals surface area (Å²) in [6, 6.07) is 2.55. The molecule has 0 spiro atoms. The van der Waals surface area contributed by atoms with Gasteiger partial charge in [-0.25, -0.2) is 0 Å². The minimum atomic E-state index is -0.0496. The van der Waals surface area contributed by atoms with Gasteiger partial charge in [-0.2, -0.15) is 5.26 Å². The third kappa shape index (κ3) is 8.66. The number of amides is 1. The summed E-state index contributed by atoms with van der Waals surface area (Å²) < 4.78 is 0. The van der Waals surface area contributed by atoms with Gasteiger partial charge in [0.2, 0.25) is 5.91 Å². The van der Waals surface area contributed by atoms with Crippen molar-refractivity contribution < 1.29 is 4.79 Å². The molecule has 1 amide bonds. The van der Waals surface area contributed by atoms with Crippen LogP contribution < -0.4 is 10.6 Å². The Balaban J connectivity index is 3.45. The molecule has 0 aromatic carbocycles. The van der Waals surface area contributed by atoms with E-state index < -0.39 is 0 Å². The van der Waals surface area contributed by atoms with E-state index in [4.69, 9.17) is 5.26 Å². The number of nitriles is 1. The van der Waals surface area contributed by atoms with Gasteiger partial charge in [-0.15, -0.1) is 0 Å². The molecule has 17 heavy (non-hydrogen) atoms. The van der Waals surface area contributed by atoms with Gasteiger partial charge in [0.05, 0.1) is 19.0 Å². The molecular formula is C12H24N4O. The zero-order valence-electron chi connectivity index (χ0n) is 11.1. The Bertz CT molecular complexity index is 249. The summed E-state index contributed by atoms with van der Waals surface area (Å²) in [6.07, 6.45) is 1.49.